The highest BCUT2D eigenvalue weighted by Gasteiger charge is 2.22. The summed E-state index contributed by atoms with van der Waals surface area (Å²) in [6.45, 7) is 0. The Kier molecular flexibility index (Phi) is 6.09. The van der Waals surface area contributed by atoms with Crippen molar-refractivity contribution < 1.29 is 9.53 Å². The van der Waals surface area contributed by atoms with E-state index in [1.807, 2.05) is 72.8 Å². The Balaban J connectivity index is 1.61. The largest absolute Gasteiger partial charge is 0.497 e. The van der Waals surface area contributed by atoms with Gasteiger partial charge in [-0.15, -0.1) is 0 Å². The lowest BCUT2D eigenvalue weighted by Gasteiger charge is -2.21. The number of methoxy groups -OCH3 is 1. The average Bonchev–Trinajstić information content (AvgIpc) is 2.93. The monoisotopic (exact) mass is 461 g/mol. The van der Waals surface area contributed by atoms with Crippen LogP contribution in [0.3, 0.4) is 0 Å². The van der Waals surface area contributed by atoms with E-state index in [4.69, 9.17) is 4.74 Å². The number of carbonyl (C=O) groups is 1. The molecule has 0 spiro atoms. The number of nitrogens with one attached hydrogen (secondary N) is 1. The molecule has 1 amide bonds. The number of amides is 1. The third-order valence-electron chi connectivity index (χ3n) is 5.88. The molecule has 1 atom stereocenters. The number of aromatic nitrogens is 2. The Labute approximate surface area is 202 Å². The lowest BCUT2D eigenvalue weighted by Crippen LogP contribution is -2.33. The van der Waals surface area contributed by atoms with Crippen molar-refractivity contribution in [3.8, 4) is 11.4 Å². The van der Waals surface area contributed by atoms with Gasteiger partial charge in [0.2, 0.25) is 0 Å². The van der Waals surface area contributed by atoms with Crippen molar-refractivity contribution >= 4 is 16.7 Å². The molecule has 1 unspecified atom stereocenters. The van der Waals surface area contributed by atoms with E-state index in [0.717, 1.165) is 16.9 Å². The van der Waals surface area contributed by atoms with E-state index in [1.54, 1.807) is 43.5 Å². The predicted molar refractivity (Wildman–Crippen MR) is 136 cm³/mol. The van der Waals surface area contributed by atoms with Crippen LogP contribution in [0.1, 0.15) is 27.7 Å². The fourth-order valence-corrected chi connectivity index (χ4v) is 4.10. The summed E-state index contributed by atoms with van der Waals surface area (Å²) in [5, 5.41) is 8.58. The van der Waals surface area contributed by atoms with Gasteiger partial charge in [-0.1, -0.05) is 78.9 Å². The molecule has 6 heteroatoms. The minimum atomic E-state index is -0.424. The van der Waals surface area contributed by atoms with Crippen molar-refractivity contribution in [1.82, 2.24) is 15.1 Å². The van der Waals surface area contributed by atoms with Gasteiger partial charge in [0.15, 0.2) is 5.69 Å². The second kappa shape index (κ2) is 9.65. The zero-order valence-electron chi connectivity index (χ0n) is 19.1. The number of nitrogens with zero attached hydrogens (tertiary/aromatic N) is 2. The Hall–Kier alpha value is -4.71. The summed E-state index contributed by atoms with van der Waals surface area (Å²) < 4.78 is 6.57. The van der Waals surface area contributed by atoms with E-state index in [2.05, 4.69) is 10.4 Å². The van der Waals surface area contributed by atoms with Crippen LogP contribution in [0, 0.1) is 0 Å². The molecule has 5 rings (SSSR count). The summed E-state index contributed by atoms with van der Waals surface area (Å²) >= 11 is 0. The third kappa shape index (κ3) is 4.42. The maximum Gasteiger partial charge on any atom is 0.279 e. The van der Waals surface area contributed by atoms with Gasteiger partial charge in [-0.2, -0.15) is 9.78 Å². The summed E-state index contributed by atoms with van der Waals surface area (Å²) in [5.74, 6) is 0.352. The molecule has 0 fully saturated rings. The van der Waals surface area contributed by atoms with Crippen LogP contribution in [-0.4, -0.2) is 22.8 Å². The molecule has 35 heavy (non-hydrogen) atoms. The van der Waals surface area contributed by atoms with Crippen LogP contribution >= 0.6 is 0 Å². The van der Waals surface area contributed by atoms with Crippen LogP contribution in [0.5, 0.6) is 5.75 Å². The molecule has 0 radical (unpaired) electrons. The number of para-hydroxylation sites is 1. The van der Waals surface area contributed by atoms with Crippen LogP contribution in [0.25, 0.3) is 16.5 Å². The maximum absolute atomic E-state index is 13.7. The zero-order chi connectivity index (χ0) is 24.2. The lowest BCUT2D eigenvalue weighted by molar-refractivity contribution is 0.0938. The molecule has 1 N–H and O–H groups in total. The first-order valence-corrected chi connectivity index (χ1v) is 11.2. The van der Waals surface area contributed by atoms with Gasteiger partial charge < -0.3 is 10.1 Å². The second-order valence-electron chi connectivity index (χ2n) is 8.04. The first-order chi connectivity index (χ1) is 17.2. The fraction of sp³-hybridized carbons (Fsp3) is 0.0690. The normalized spacial score (nSPS) is 11.7. The summed E-state index contributed by atoms with van der Waals surface area (Å²) in [6, 6.07) is 33.0. The fourth-order valence-electron chi connectivity index (χ4n) is 4.10. The number of benzene rings is 4. The maximum atomic E-state index is 13.7. The first-order valence-electron chi connectivity index (χ1n) is 11.2. The van der Waals surface area contributed by atoms with Crippen LogP contribution in [0.2, 0.25) is 0 Å². The Morgan fingerprint density at radius 3 is 2.00 bits per heavy atom. The minimum absolute atomic E-state index is 0.179. The molecular formula is C29H23N3O3. The van der Waals surface area contributed by atoms with Gasteiger partial charge >= 0.3 is 0 Å². The van der Waals surface area contributed by atoms with E-state index in [9.17, 15) is 9.59 Å². The molecule has 5 aromatic rings. The van der Waals surface area contributed by atoms with Crippen LogP contribution in [0.4, 0.5) is 0 Å². The molecule has 6 nitrogen and oxygen atoms in total. The third-order valence-corrected chi connectivity index (χ3v) is 5.88. The average molecular weight is 462 g/mol. The molecule has 0 aliphatic heterocycles. The number of ether oxygens (including phenoxy) is 1. The van der Waals surface area contributed by atoms with Crippen molar-refractivity contribution in [2.75, 3.05) is 7.11 Å². The zero-order valence-corrected chi connectivity index (χ0v) is 19.1. The molecule has 1 aromatic heterocycles. The van der Waals surface area contributed by atoms with Gasteiger partial charge in [-0.3, -0.25) is 9.59 Å². The van der Waals surface area contributed by atoms with E-state index in [0.29, 0.717) is 16.5 Å². The van der Waals surface area contributed by atoms with Crippen molar-refractivity contribution in [3.05, 3.63) is 136 Å². The first kappa shape index (κ1) is 22.1. The Morgan fingerprint density at radius 1 is 0.771 bits per heavy atom. The van der Waals surface area contributed by atoms with Crippen molar-refractivity contribution in [2.45, 2.75) is 6.04 Å². The molecule has 4 aromatic carbocycles. The molecule has 172 valence electrons. The van der Waals surface area contributed by atoms with Crippen LogP contribution < -0.4 is 15.6 Å². The quantitative estimate of drug-likeness (QED) is 0.390. The highest BCUT2D eigenvalue weighted by molar-refractivity contribution is 6.05. The van der Waals surface area contributed by atoms with Gasteiger partial charge in [0, 0.05) is 5.39 Å². The minimum Gasteiger partial charge on any atom is -0.497 e. The second-order valence-corrected chi connectivity index (χ2v) is 8.04. The summed E-state index contributed by atoms with van der Waals surface area (Å²) in [6.07, 6.45) is 0. The van der Waals surface area contributed by atoms with Gasteiger partial charge in [0.25, 0.3) is 11.5 Å². The molecule has 0 bridgehead atoms. The lowest BCUT2D eigenvalue weighted by atomic mass is 9.98. The molecule has 0 saturated heterocycles. The van der Waals surface area contributed by atoms with Crippen LogP contribution in [0.15, 0.2) is 114 Å². The standard InChI is InChI=1S/C29H23N3O3/c1-35-23-18-16-21(17-19-23)26(20-10-4-2-5-11-20)30-28(33)27-24-14-8-9-15-25(24)29(34)32(31-27)22-12-6-3-7-13-22/h2-19,26H,1H3,(H,30,33). The molecule has 0 aliphatic carbocycles. The van der Waals surface area contributed by atoms with Gasteiger partial charge in [0.05, 0.1) is 24.2 Å². The number of hydrogen-bond donors (Lipinski definition) is 1. The van der Waals surface area contributed by atoms with Gasteiger partial charge in [-0.05, 0) is 41.5 Å². The summed E-state index contributed by atoms with van der Waals surface area (Å²) in [5.41, 5.74) is 2.31. The predicted octanol–water partition coefficient (Wildman–Crippen LogP) is 4.91. The molecule has 0 saturated carbocycles. The SMILES string of the molecule is COc1ccc(C(NC(=O)c2nn(-c3ccccc3)c(=O)c3ccccc23)c2ccccc2)cc1. The smallest absolute Gasteiger partial charge is 0.279 e. The van der Waals surface area contributed by atoms with Crippen molar-refractivity contribution in [1.29, 1.82) is 0 Å². The molecular weight excluding hydrogens is 438 g/mol. The number of fused-ring (bicyclic) bond motifs is 1. The molecule has 0 aliphatic rings. The van der Waals surface area contributed by atoms with E-state index in [-0.39, 0.29) is 17.2 Å². The van der Waals surface area contributed by atoms with E-state index in [1.165, 1.54) is 4.68 Å². The topological polar surface area (TPSA) is 73.2 Å². The number of hydrogen-bond acceptors (Lipinski definition) is 4. The number of rotatable bonds is 6. The van der Waals surface area contributed by atoms with Crippen molar-refractivity contribution in [2.24, 2.45) is 0 Å². The Bertz CT molecular complexity index is 1530. The summed E-state index contributed by atoms with van der Waals surface area (Å²) in [4.78, 5) is 26.9. The van der Waals surface area contributed by atoms with E-state index < -0.39 is 6.04 Å². The number of carbonyl (C=O) groups excluding carboxylic acids is 1. The highest BCUT2D eigenvalue weighted by atomic mass is 16.5. The van der Waals surface area contributed by atoms with Crippen molar-refractivity contribution in [3.63, 3.8) is 0 Å². The highest BCUT2D eigenvalue weighted by Crippen LogP contribution is 2.25. The van der Waals surface area contributed by atoms with E-state index >= 15 is 0 Å². The van der Waals surface area contributed by atoms with Crippen LogP contribution in [-0.2, 0) is 0 Å². The van der Waals surface area contributed by atoms with Gasteiger partial charge in [-0.25, -0.2) is 0 Å². The summed E-state index contributed by atoms with van der Waals surface area (Å²) in [7, 11) is 1.61. The molecule has 1 heterocycles. The Morgan fingerprint density at radius 2 is 1.34 bits per heavy atom. The van der Waals surface area contributed by atoms with Gasteiger partial charge in [0.1, 0.15) is 5.75 Å².